The molecule has 1 aromatic rings. The van der Waals surface area contributed by atoms with Gasteiger partial charge in [-0.2, -0.15) is 0 Å². The number of furan rings is 1. The summed E-state index contributed by atoms with van der Waals surface area (Å²) >= 11 is 9.27. The number of carbonyl (C=O) groups is 1. The molecule has 1 amide bonds. The second-order valence-corrected chi connectivity index (χ2v) is 6.03. The summed E-state index contributed by atoms with van der Waals surface area (Å²) in [6.07, 6.45) is 5.87. The lowest BCUT2D eigenvalue weighted by atomic mass is 9.75. The fourth-order valence-electron chi connectivity index (χ4n) is 2.45. The monoisotopic (exact) mass is 333 g/mol. The molecule has 0 saturated heterocycles. The van der Waals surface area contributed by atoms with Gasteiger partial charge in [0.1, 0.15) is 0 Å². The largest absolute Gasteiger partial charge is 0.444 e. The minimum Gasteiger partial charge on any atom is -0.444 e. The van der Waals surface area contributed by atoms with Gasteiger partial charge in [0.25, 0.3) is 5.91 Å². The summed E-state index contributed by atoms with van der Waals surface area (Å²) in [6, 6.07) is 3.38. The van der Waals surface area contributed by atoms with Gasteiger partial charge in [0.2, 0.25) is 0 Å². The molecule has 0 spiro atoms. The number of alkyl halides is 1. The molecule has 2 rings (SSSR count). The summed E-state index contributed by atoms with van der Waals surface area (Å²) in [5.41, 5.74) is 0.0687. The van der Waals surface area contributed by atoms with E-state index in [9.17, 15) is 4.79 Å². The number of carbonyl (C=O) groups excluding carboxylic acids is 1. The van der Waals surface area contributed by atoms with Crippen molar-refractivity contribution < 1.29 is 9.21 Å². The maximum absolute atomic E-state index is 11.9. The summed E-state index contributed by atoms with van der Waals surface area (Å²) in [5.74, 6) is 0.771. The molecule has 0 bridgehead atoms. The average Bonchev–Trinajstić information content (AvgIpc) is 2.84. The molecule has 0 aliphatic heterocycles. The topological polar surface area (TPSA) is 42.2 Å². The second kappa shape index (κ2) is 6.11. The van der Waals surface area contributed by atoms with Crippen LogP contribution in [0, 0.1) is 5.41 Å². The van der Waals surface area contributed by atoms with Crippen LogP contribution < -0.4 is 5.32 Å². The normalized spacial score (nSPS) is 18.6. The van der Waals surface area contributed by atoms with Crippen LogP contribution in [0.1, 0.15) is 42.7 Å². The number of amides is 1. The van der Waals surface area contributed by atoms with Gasteiger partial charge in [0.05, 0.1) is 0 Å². The fraction of sp³-hybridized carbons (Fsp3) is 0.615. The van der Waals surface area contributed by atoms with Crippen LogP contribution in [0.5, 0.6) is 0 Å². The fourth-order valence-corrected chi connectivity index (χ4v) is 3.12. The Kier molecular flexibility index (Phi) is 4.73. The molecule has 1 saturated carbocycles. The first-order chi connectivity index (χ1) is 8.65. The Morgan fingerprint density at radius 2 is 2.11 bits per heavy atom. The van der Waals surface area contributed by atoms with Crippen molar-refractivity contribution >= 4 is 33.4 Å². The standard InChI is InChI=1S/C13H17BrClNO2/c14-11-5-4-10(18-11)12(17)16-9-13(8-15)6-2-1-3-7-13/h4-5H,1-3,6-9H2,(H,16,17). The van der Waals surface area contributed by atoms with Crippen molar-refractivity contribution in [2.75, 3.05) is 12.4 Å². The van der Waals surface area contributed by atoms with Crippen molar-refractivity contribution in [3.05, 3.63) is 22.6 Å². The van der Waals surface area contributed by atoms with E-state index in [0.29, 0.717) is 22.9 Å². The predicted octanol–water partition coefficient (Wildman–Crippen LogP) is 3.96. The van der Waals surface area contributed by atoms with Gasteiger partial charge in [-0.25, -0.2) is 0 Å². The van der Waals surface area contributed by atoms with Crippen molar-refractivity contribution in [3.8, 4) is 0 Å². The minimum absolute atomic E-state index is 0.0687. The Balaban J connectivity index is 1.91. The lowest BCUT2D eigenvalue weighted by molar-refractivity contribution is 0.0892. The van der Waals surface area contributed by atoms with Gasteiger partial charge >= 0.3 is 0 Å². The first-order valence-electron chi connectivity index (χ1n) is 6.25. The Hall–Kier alpha value is -0.480. The molecule has 1 heterocycles. The lowest BCUT2D eigenvalue weighted by Crippen LogP contribution is -2.40. The molecular formula is C13H17BrClNO2. The highest BCUT2D eigenvalue weighted by Gasteiger charge is 2.31. The van der Waals surface area contributed by atoms with E-state index in [1.165, 1.54) is 19.3 Å². The lowest BCUT2D eigenvalue weighted by Gasteiger charge is -2.35. The zero-order valence-corrected chi connectivity index (χ0v) is 12.5. The summed E-state index contributed by atoms with van der Waals surface area (Å²) in [5, 5.41) is 2.94. The van der Waals surface area contributed by atoms with E-state index in [0.717, 1.165) is 12.8 Å². The van der Waals surface area contributed by atoms with Crippen LogP contribution in [0.4, 0.5) is 0 Å². The molecule has 1 N–H and O–H groups in total. The van der Waals surface area contributed by atoms with Crippen LogP contribution in [0.25, 0.3) is 0 Å². The van der Waals surface area contributed by atoms with Crippen LogP contribution in [0.3, 0.4) is 0 Å². The Morgan fingerprint density at radius 3 is 2.67 bits per heavy atom. The number of halogens is 2. The Morgan fingerprint density at radius 1 is 1.39 bits per heavy atom. The molecule has 5 heteroatoms. The van der Waals surface area contributed by atoms with Crippen LogP contribution in [-0.2, 0) is 0 Å². The molecular weight excluding hydrogens is 318 g/mol. The quantitative estimate of drug-likeness (QED) is 0.847. The van der Waals surface area contributed by atoms with Gasteiger partial charge < -0.3 is 9.73 Å². The third-order valence-electron chi connectivity index (χ3n) is 3.62. The van der Waals surface area contributed by atoms with E-state index in [4.69, 9.17) is 16.0 Å². The highest BCUT2D eigenvalue weighted by atomic mass is 79.9. The van der Waals surface area contributed by atoms with Gasteiger partial charge in [-0.1, -0.05) is 19.3 Å². The van der Waals surface area contributed by atoms with Gasteiger partial charge in [0, 0.05) is 17.8 Å². The molecule has 3 nitrogen and oxygen atoms in total. The average molecular weight is 335 g/mol. The maximum atomic E-state index is 11.9. The van der Waals surface area contributed by atoms with E-state index in [1.807, 2.05) is 0 Å². The van der Waals surface area contributed by atoms with Crippen LogP contribution in [0.2, 0.25) is 0 Å². The highest BCUT2D eigenvalue weighted by molar-refractivity contribution is 9.10. The molecule has 1 fully saturated rings. The Bertz CT molecular complexity index is 413. The number of nitrogens with one attached hydrogen (secondary N) is 1. The second-order valence-electron chi connectivity index (χ2n) is 4.98. The third kappa shape index (κ3) is 3.29. The summed E-state index contributed by atoms with van der Waals surface area (Å²) in [6.45, 7) is 0.633. The molecule has 0 aromatic carbocycles. The van der Waals surface area contributed by atoms with E-state index in [2.05, 4.69) is 21.2 Å². The molecule has 100 valence electrons. The van der Waals surface area contributed by atoms with Crippen molar-refractivity contribution in [1.29, 1.82) is 0 Å². The summed E-state index contributed by atoms with van der Waals surface area (Å²) in [7, 11) is 0. The van der Waals surface area contributed by atoms with Crippen molar-refractivity contribution in [2.45, 2.75) is 32.1 Å². The van der Waals surface area contributed by atoms with Gasteiger partial charge in [-0.3, -0.25) is 4.79 Å². The predicted molar refractivity (Wildman–Crippen MR) is 75.0 cm³/mol. The molecule has 18 heavy (non-hydrogen) atoms. The van der Waals surface area contributed by atoms with Crippen molar-refractivity contribution in [1.82, 2.24) is 5.32 Å². The molecule has 1 aromatic heterocycles. The zero-order valence-electron chi connectivity index (χ0n) is 10.2. The molecule has 0 atom stereocenters. The minimum atomic E-state index is -0.171. The molecule has 0 unspecified atom stereocenters. The first-order valence-corrected chi connectivity index (χ1v) is 7.57. The van der Waals surface area contributed by atoms with Gasteiger partial charge in [-0.15, -0.1) is 11.6 Å². The SMILES string of the molecule is O=C(NCC1(CCl)CCCCC1)c1ccc(Br)o1. The zero-order chi connectivity index (χ0) is 13.0. The van der Waals surface area contributed by atoms with Crippen molar-refractivity contribution in [3.63, 3.8) is 0 Å². The summed E-state index contributed by atoms with van der Waals surface area (Å²) in [4.78, 5) is 11.9. The maximum Gasteiger partial charge on any atom is 0.287 e. The number of rotatable bonds is 4. The van der Waals surface area contributed by atoms with E-state index >= 15 is 0 Å². The van der Waals surface area contributed by atoms with Crippen molar-refractivity contribution in [2.24, 2.45) is 5.41 Å². The van der Waals surface area contributed by atoms with Crippen LogP contribution in [0.15, 0.2) is 21.2 Å². The summed E-state index contributed by atoms with van der Waals surface area (Å²) < 4.78 is 5.79. The highest BCUT2D eigenvalue weighted by Crippen LogP contribution is 2.36. The van der Waals surface area contributed by atoms with E-state index < -0.39 is 0 Å². The first kappa shape index (κ1) is 13.9. The van der Waals surface area contributed by atoms with Gasteiger partial charge in [0.15, 0.2) is 10.4 Å². The smallest absolute Gasteiger partial charge is 0.287 e. The van der Waals surface area contributed by atoms with Crippen LogP contribution >= 0.6 is 27.5 Å². The van der Waals surface area contributed by atoms with E-state index in [-0.39, 0.29) is 11.3 Å². The Labute approximate surface area is 120 Å². The molecule has 1 aliphatic rings. The molecule has 1 aliphatic carbocycles. The molecule has 0 radical (unpaired) electrons. The van der Waals surface area contributed by atoms with Gasteiger partial charge in [-0.05, 0) is 40.9 Å². The van der Waals surface area contributed by atoms with Crippen LogP contribution in [-0.4, -0.2) is 18.3 Å². The number of hydrogen-bond donors (Lipinski definition) is 1. The number of hydrogen-bond acceptors (Lipinski definition) is 2. The van der Waals surface area contributed by atoms with E-state index in [1.54, 1.807) is 12.1 Å². The third-order valence-corrected chi connectivity index (χ3v) is 4.61.